The number of ether oxygens (including phenoxy) is 3. The van der Waals surface area contributed by atoms with Crippen molar-refractivity contribution in [3.05, 3.63) is 77.4 Å². The Morgan fingerprint density at radius 2 is 1.81 bits per heavy atom. The number of nitrogen functional groups attached to an aromatic ring is 1. The van der Waals surface area contributed by atoms with Gasteiger partial charge in [-0.1, -0.05) is 31.7 Å². The normalized spacial score (nSPS) is 10.9. The van der Waals surface area contributed by atoms with Crippen molar-refractivity contribution in [3.8, 4) is 5.75 Å². The number of rotatable bonds is 12. The summed E-state index contributed by atoms with van der Waals surface area (Å²) >= 11 is 6.30. The highest BCUT2D eigenvalue weighted by molar-refractivity contribution is 6.48. The van der Waals surface area contributed by atoms with Gasteiger partial charge in [0.05, 0.1) is 7.11 Å². The zero-order valence-corrected chi connectivity index (χ0v) is 22.1. The average Bonchev–Trinajstić information content (AvgIpc) is 2.84. The van der Waals surface area contributed by atoms with Gasteiger partial charge in [-0.05, 0) is 55.3 Å². The minimum absolute atomic E-state index is 0. The molecule has 10 heteroatoms. The standard InChI is InChI=1S/C26H30ClN3O5.ClH/c1-6-17-13-20(16(4)27)23(34-11-12-35-25(31)15(2)3)21(14-17)22(26(32)33-5)30-19-9-7-18(8-10-19)24(28)29;/h7-10,13-14,22,30H,2,4,6,11-12H2,1,3,5H3,(H3,28,29);1H. The van der Waals surface area contributed by atoms with Crippen molar-refractivity contribution in [2.45, 2.75) is 26.3 Å². The van der Waals surface area contributed by atoms with E-state index in [2.05, 4.69) is 18.5 Å². The number of carbonyl (C=O) groups excluding carboxylic acids is 2. The molecule has 8 nitrogen and oxygen atoms in total. The van der Waals surface area contributed by atoms with Crippen molar-refractivity contribution in [1.82, 2.24) is 0 Å². The van der Waals surface area contributed by atoms with Crippen molar-refractivity contribution in [2.75, 3.05) is 25.6 Å². The quantitative estimate of drug-likeness (QED) is 0.115. The monoisotopic (exact) mass is 535 g/mol. The molecule has 1 unspecified atom stereocenters. The Bertz CT molecular complexity index is 1130. The van der Waals surface area contributed by atoms with Crippen molar-refractivity contribution in [2.24, 2.45) is 5.73 Å². The van der Waals surface area contributed by atoms with Crippen LogP contribution in [0.1, 0.15) is 42.1 Å². The summed E-state index contributed by atoms with van der Waals surface area (Å²) in [5.41, 5.74) is 8.85. The number of aryl methyl sites for hydroxylation is 1. The first-order valence-corrected chi connectivity index (χ1v) is 11.2. The summed E-state index contributed by atoms with van der Waals surface area (Å²) in [4.78, 5) is 24.6. The third-order valence-corrected chi connectivity index (χ3v) is 5.25. The molecule has 0 saturated heterocycles. The average molecular weight is 536 g/mol. The van der Waals surface area contributed by atoms with E-state index in [1.165, 1.54) is 7.11 Å². The molecule has 0 amide bonds. The molecule has 0 aromatic heterocycles. The van der Waals surface area contributed by atoms with Crippen LogP contribution in [0, 0.1) is 5.41 Å². The van der Waals surface area contributed by atoms with Crippen LogP contribution in [0.4, 0.5) is 5.69 Å². The molecule has 0 saturated carbocycles. The Kier molecular flexibility index (Phi) is 12.0. The minimum Gasteiger partial charge on any atom is -0.489 e. The zero-order valence-electron chi connectivity index (χ0n) is 20.5. The van der Waals surface area contributed by atoms with Gasteiger partial charge >= 0.3 is 11.9 Å². The van der Waals surface area contributed by atoms with Crippen molar-refractivity contribution in [3.63, 3.8) is 0 Å². The topological polar surface area (TPSA) is 124 Å². The van der Waals surface area contributed by atoms with Crippen molar-refractivity contribution in [1.29, 1.82) is 5.41 Å². The lowest BCUT2D eigenvalue weighted by atomic mass is 9.96. The molecule has 0 spiro atoms. The Hall–Kier alpha value is -3.49. The molecule has 0 heterocycles. The Morgan fingerprint density at radius 1 is 1.17 bits per heavy atom. The number of benzene rings is 2. The fraction of sp³-hybridized carbons (Fsp3) is 0.269. The predicted octanol–water partition coefficient (Wildman–Crippen LogP) is 4.99. The van der Waals surface area contributed by atoms with E-state index in [-0.39, 0.29) is 42.1 Å². The molecule has 0 radical (unpaired) electrons. The fourth-order valence-corrected chi connectivity index (χ4v) is 3.33. The Balaban J connectivity index is 0.00000648. The number of nitrogens with one attached hydrogen (secondary N) is 2. The number of methoxy groups -OCH3 is 1. The van der Waals surface area contributed by atoms with Crippen LogP contribution in [0.3, 0.4) is 0 Å². The highest BCUT2D eigenvalue weighted by Crippen LogP contribution is 2.38. The van der Waals surface area contributed by atoms with Gasteiger partial charge in [-0.3, -0.25) is 5.41 Å². The van der Waals surface area contributed by atoms with Crippen LogP contribution in [-0.4, -0.2) is 38.1 Å². The maximum absolute atomic E-state index is 12.9. The lowest BCUT2D eigenvalue weighted by molar-refractivity contribution is -0.141. The summed E-state index contributed by atoms with van der Waals surface area (Å²) in [6, 6.07) is 9.45. The number of esters is 2. The van der Waals surface area contributed by atoms with E-state index in [0.717, 1.165) is 5.56 Å². The van der Waals surface area contributed by atoms with E-state index in [1.54, 1.807) is 31.2 Å². The maximum Gasteiger partial charge on any atom is 0.333 e. The van der Waals surface area contributed by atoms with Crippen LogP contribution in [0.25, 0.3) is 5.03 Å². The van der Waals surface area contributed by atoms with Crippen LogP contribution in [0.5, 0.6) is 5.75 Å². The molecule has 2 aromatic rings. The molecule has 4 N–H and O–H groups in total. The van der Waals surface area contributed by atoms with E-state index in [4.69, 9.17) is 37.0 Å². The number of halogens is 2. The van der Waals surface area contributed by atoms with E-state index in [1.807, 2.05) is 19.1 Å². The third kappa shape index (κ3) is 8.03. The van der Waals surface area contributed by atoms with Gasteiger partial charge in [0.2, 0.25) is 0 Å². The van der Waals surface area contributed by atoms with E-state index >= 15 is 0 Å². The summed E-state index contributed by atoms with van der Waals surface area (Å²) in [5, 5.41) is 10.9. The molecule has 1 atom stereocenters. The summed E-state index contributed by atoms with van der Waals surface area (Å²) in [5.74, 6) is -0.833. The van der Waals surface area contributed by atoms with Crippen LogP contribution in [-0.2, 0) is 25.5 Å². The van der Waals surface area contributed by atoms with Gasteiger partial charge in [-0.15, -0.1) is 12.4 Å². The highest BCUT2D eigenvalue weighted by Gasteiger charge is 2.28. The fourth-order valence-electron chi connectivity index (χ4n) is 3.19. The second kappa shape index (κ2) is 14.2. The predicted molar refractivity (Wildman–Crippen MR) is 145 cm³/mol. The maximum atomic E-state index is 12.9. The zero-order chi connectivity index (χ0) is 26.1. The lowest BCUT2D eigenvalue weighted by Gasteiger charge is -2.24. The Morgan fingerprint density at radius 3 is 2.31 bits per heavy atom. The lowest BCUT2D eigenvalue weighted by Crippen LogP contribution is -2.24. The molecule has 0 fully saturated rings. The number of anilines is 1. The van der Waals surface area contributed by atoms with Crippen LogP contribution < -0.4 is 15.8 Å². The summed E-state index contributed by atoms with van der Waals surface area (Å²) in [7, 11) is 1.29. The van der Waals surface area contributed by atoms with Crippen molar-refractivity contribution >= 4 is 52.5 Å². The molecule has 2 rings (SSSR count). The largest absolute Gasteiger partial charge is 0.489 e. The van der Waals surface area contributed by atoms with Gasteiger partial charge in [0.15, 0.2) is 6.04 Å². The number of hydrogen-bond acceptors (Lipinski definition) is 7. The number of nitrogens with two attached hydrogens (primary N) is 1. The van der Waals surface area contributed by atoms with E-state index in [9.17, 15) is 9.59 Å². The van der Waals surface area contributed by atoms with Gasteiger partial charge in [-0.2, -0.15) is 0 Å². The van der Waals surface area contributed by atoms with E-state index < -0.39 is 18.0 Å². The summed E-state index contributed by atoms with van der Waals surface area (Å²) in [6.07, 6.45) is 0.669. The first-order valence-electron chi connectivity index (χ1n) is 10.8. The summed E-state index contributed by atoms with van der Waals surface area (Å²) < 4.78 is 16.2. The van der Waals surface area contributed by atoms with E-state index in [0.29, 0.717) is 34.5 Å². The van der Waals surface area contributed by atoms with Crippen molar-refractivity contribution < 1.29 is 23.8 Å². The number of hydrogen-bond donors (Lipinski definition) is 3. The molecule has 2 aromatic carbocycles. The molecule has 194 valence electrons. The van der Waals surface area contributed by atoms with Gasteiger partial charge in [0, 0.05) is 33.0 Å². The highest BCUT2D eigenvalue weighted by atomic mass is 35.5. The van der Waals surface area contributed by atoms with Crippen LogP contribution in [0.2, 0.25) is 0 Å². The summed E-state index contributed by atoms with van der Waals surface area (Å²) in [6.45, 7) is 10.9. The number of carbonyl (C=O) groups is 2. The van der Waals surface area contributed by atoms with Crippen LogP contribution in [0.15, 0.2) is 55.1 Å². The first-order chi connectivity index (χ1) is 16.6. The minimum atomic E-state index is -0.961. The molecule has 0 aliphatic heterocycles. The molecule has 0 aliphatic rings. The second-order valence-corrected chi connectivity index (χ2v) is 8.13. The van der Waals surface area contributed by atoms with Gasteiger partial charge in [-0.25, -0.2) is 9.59 Å². The van der Waals surface area contributed by atoms with Crippen LogP contribution >= 0.6 is 24.0 Å². The van der Waals surface area contributed by atoms with Gasteiger partial charge in [0.25, 0.3) is 0 Å². The van der Waals surface area contributed by atoms with Gasteiger partial charge < -0.3 is 25.3 Å². The molecular formula is C26H31Cl2N3O5. The molecule has 0 bridgehead atoms. The smallest absolute Gasteiger partial charge is 0.333 e. The molecular weight excluding hydrogens is 505 g/mol. The van der Waals surface area contributed by atoms with Gasteiger partial charge in [0.1, 0.15) is 24.8 Å². The SMILES string of the molecule is C=C(C)C(=O)OCCOc1c(C(=C)Cl)cc(CC)cc1C(Nc1ccc(C(=N)N)cc1)C(=O)OC.Cl. The second-order valence-electron chi connectivity index (χ2n) is 7.68. The number of amidine groups is 1. The Labute approximate surface area is 222 Å². The molecule has 36 heavy (non-hydrogen) atoms. The third-order valence-electron chi connectivity index (χ3n) is 5.04. The molecule has 0 aliphatic carbocycles. The first kappa shape index (κ1) is 30.5.